The van der Waals surface area contributed by atoms with Gasteiger partial charge < -0.3 is 15.3 Å². The van der Waals surface area contributed by atoms with Crippen LogP contribution in [0.5, 0.6) is 0 Å². The molecule has 1 aromatic rings. The van der Waals surface area contributed by atoms with Crippen molar-refractivity contribution in [2.45, 2.75) is 96.9 Å². The van der Waals surface area contributed by atoms with Crippen LogP contribution in [0.25, 0.3) is 0 Å². The topological polar surface area (TPSA) is 86.7 Å². The molecule has 1 aromatic carbocycles. The second kappa shape index (κ2) is 15.5. The van der Waals surface area contributed by atoms with Crippen molar-refractivity contribution >= 4 is 17.8 Å². The number of carboxylic acids is 1. The molecule has 0 aliphatic carbocycles. The molecule has 2 amide bonds. The SMILES string of the molecule is CCCCCCCCCCCCCCNC(=O)C1CC(=O)N(Cc2ccc(C(=O)O)cc2)C1. The molecule has 1 saturated heterocycles. The summed E-state index contributed by atoms with van der Waals surface area (Å²) in [5.41, 5.74) is 1.09. The summed E-state index contributed by atoms with van der Waals surface area (Å²) in [5.74, 6) is -1.32. The average Bonchev–Trinajstić information content (AvgIpc) is 3.17. The molecule has 0 radical (unpaired) electrons. The van der Waals surface area contributed by atoms with Gasteiger partial charge in [0.1, 0.15) is 0 Å². The van der Waals surface area contributed by atoms with Gasteiger partial charge in [-0.05, 0) is 24.1 Å². The highest BCUT2D eigenvalue weighted by molar-refractivity contribution is 5.89. The Labute approximate surface area is 199 Å². The third-order valence-electron chi connectivity index (χ3n) is 6.49. The van der Waals surface area contributed by atoms with Crippen LogP contribution in [0.4, 0.5) is 0 Å². The third kappa shape index (κ3) is 10.4. The van der Waals surface area contributed by atoms with E-state index < -0.39 is 5.97 Å². The zero-order valence-corrected chi connectivity index (χ0v) is 20.3. The van der Waals surface area contributed by atoms with E-state index in [-0.39, 0.29) is 29.7 Å². The number of benzene rings is 1. The van der Waals surface area contributed by atoms with Crippen LogP contribution in [0.15, 0.2) is 24.3 Å². The van der Waals surface area contributed by atoms with Crippen LogP contribution >= 0.6 is 0 Å². The fraction of sp³-hybridized carbons (Fsp3) is 0.667. The van der Waals surface area contributed by atoms with Crippen molar-refractivity contribution in [3.63, 3.8) is 0 Å². The van der Waals surface area contributed by atoms with Crippen LogP contribution < -0.4 is 5.32 Å². The molecular formula is C27H42N2O4. The van der Waals surface area contributed by atoms with Gasteiger partial charge in [0.2, 0.25) is 11.8 Å². The van der Waals surface area contributed by atoms with Crippen LogP contribution in [-0.2, 0) is 16.1 Å². The zero-order chi connectivity index (χ0) is 23.9. The third-order valence-corrected chi connectivity index (χ3v) is 6.49. The van der Waals surface area contributed by atoms with Gasteiger partial charge in [0, 0.05) is 26.1 Å². The van der Waals surface area contributed by atoms with Crippen molar-refractivity contribution in [2.75, 3.05) is 13.1 Å². The molecule has 2 N–H and O–H groups in total. The first kappa shape index (κ1) is 26.9. The molecule has 6 heteroatoms. The number of amides is 2. The summed E-state index contributed by atoms with van der Waals surface area (Å²) in [6.45, 7) is 3.76. The lowest BCUT2D eigenvalue weighted by Crippen LogP contribution is -2.33. The minimum absolute atomic E-state index is 0.0252. The summed E-state index contributed by atoms with van der Waals surface area (Å²) >= 11 is 0. The molecule has 1 unspecified atom stereocenters. The van der Waals surface area contributed by atoms with E-state index in [1.807, 2.05) is 0 Å². The first-order valence-corrected chi connectivity index (χ1v) is 12.9. The standard InChI is InChI=1S/C27H42N2O4/c1-2-3-4-5-6-7-8-9-10-11-12-13-18-28-26(31)24-19-25(30)29(21-24)20-22-14-16-23(17-15-22)27(32)33/h14-17,24H,2-13,18-21H2,1H3,(H,28,31)(H,32,33). The highest BCUT2D eigenvalue weighted by Gasteiger charge is 2.34. The van der Waals surface area contributed by atoms with E-state index >= 15 is 0 Å². The van der Waals surface area contributed by atoms with E-state index in [9.17, 15) is 14.4 Å². The highest BCUT2D eigenvalue weighted by atomic mass is 16.4. The molecule has 1 aliphatic heterocycles. The van der Waals surface area contributed by atoms with Crippen LogP contribution in [0.2, 0.25) is 0 Å². The highest BCUT2D eigenvalue weighted by Crippen LogP contribution is 2.21. The van der Waals surface area contributed by atoms with Crippen molar-refractivity contribution in [3.05, 3.63) is 35.4 Å². The molecule has 0 aromatic heterocycles. The molecule has 1 aliphatic rings. The number of aromatic carboxylic acids is 1. The number of hydrogen-bond donors (Lipinski definition) is 2. The van der Waals surface area contributed by atoms with Gasteiger partial charge in [-0.15, -0.1) is 0 Å². The Morgan fingerprint density at radius 1 is 0.909 bits per heavy atom. The van der Waals surface area contributed by atoms with Crippen molar-refractivity contribution in [2.24, 2.45) is 5.92 Å². The summed E-state index contributed by atoms with van der Waals surface area (Å²) in [7, 11) is 0. The second-order valence-electron chi connectivity index (χ2n) is 9.36. The van der Waals surface area contributed by atoms with E-state index in [1.165, 1.54) is 76.3 Å². The summed E-state index contributed by atoms with van der Waals surface area (Å²) in [5, 5.41) is 12.0. The number of hydrogen-bond acceptors (Lipinski definition) is 3. The average molecular weight is 459 g/mol. The van der Waals surface area contributed by atoms with Crippen molar-refractivity contribution in [1.29, 1.82) is 0 Å². The van der Waals surface area contributed by atoms with Gasteiger partial charge in [0.15, 0.2) is 0 Å². The maximum Gasteiger partial charge on any atom is 0.335 e. The molecule has 0 spiro atoms. The Hall–Kier alpha value is -2.37. The zero-order valence-electron chi connectivity index (χ0n) is 20.3. The Morgan fingerprint density at radius 2 is 1.45 bits per heavy atom. The number of rotatable bonds is 17. The molecule has 0 bridgehead atoms. The fourth-order valence-electron chi connectivity index (χ4n) is 4.40. The lowest BCUT2D eigenvalue weighted by Gasteiger charge is -2.17. The molecular weight excluding hydrogens is 416 g/mol. The largest absolute Gasteiger partial charge is 0.478 e. The molecule has 33 heavy (non-hydrogen) atoms. The second-order valence-corrected chi connectivity index (χ2v) is 9.36. The molecule has 6 nitrogen and oxygen atoms in total. The Morgan fingerprint density at radius 3 is 2.00 bits per heavy atom. The molecule has 1 atom stereocenters. The first-order valence-electron chi connectivity index (χ1n) is 12.9. The Bertz CT molecular complexity index is 732. The van der Waals surface area contributed by atoms with Crippen molar-refractivity contribution in [3.8, 4) is 0 Å². The Balaban J connectivity index is 1.52. The van der Waals surface area contributed by atoms with E-state index in [2.05, 4.69) is 12.2 Å². The summed E-state index contributed by atoms with van der Waals surface area (Å²) < 4.78 is 0. The van der Waals surface area contributed by atoms with Crippen LogP contribution in [-0.4, -0.2) is 40.9 Å². The quantitative estimate of drug-likeness (QED) is 0.300. The van der Waals surface area contributed by atoms with E-state index in [0.717, 1.165) is 18.4 Å². The van der Waals surface area contributed by atoms with Crippen molar-refractivity contribution < 1.29 is 19.5 Å². The molecule has 1 heterocycles. The maximum atomic E-state index is 12.5. The normalized spacial score (nSPS) is 15.7. The lowest BCUT2D eigenvalue weighted by atomic mass is 10.1. The minimum Gasteiger partial charge on any atom is -0.478 e. The van der Waals surface area contributed by atoms with Gasteiger partial charge in [-0.1, -0.05) is 89.7 Å². The molecule has 2 rings (SSSR count). The van der Waals surface area contributed by atoms with Crippen LogP contribution in [0.3, 0.4) is 0 Å². The van der Waals surface area contributed by atoms with Gasteiger partial charge >= 0.3 is 5.97 Å². The van der Waals surface area contributed by atoms with Gasteiger partial charge in [-0.3, -0.25) is 9.59 Å². The number of carboxylic acid groups (broad SMARTS) is 1. The van der Waals surface area contributed by atoms with Gasteiger partial charge in [0.25, 0.3) is 0 Å². The van der Waals surface area contributed by atoms with Crippen LogP contribution in [0.1, 0.15) is 106 Å². The van der Waals surface area contributed by atoms with E-state index in [1.54, 1.807) is 17.0 Å². The Kier molecular flexibility index (Phi) is 12.6. The number of carbonyl (C=O) groups is 3. The molecule has 1 fully saturated rings. The molecule has 0 saturated carbocycles. The lowest BCUT2D eigenvalue weighted by molar-refractivity contribution is -0.129. The minimum atomic E-state index is -0.969. The predicted molar refractivity (Wildman–Crippen MR) is 131 cm³/mol. The van der Waals surface area contributed by atoms with E-state index in [4.69, 9.17) is 5.11 Å². The van der Waals surface area contributed by atoms with E-state index in [0.29, 0.717) is 19.6 Å². The number of nitrogens with one attached hydrogen (secondary N) is 1. The van der Waals surface area contributed by atoms with Gasteiger partial charge in [-0.25, -0.2) is 4.79 Å². The summed E-state index contributed by atoms with van der Waals surface area (Å²) in [6.07, 6.45) is 15.7. The number of nitrogens with zero attached hydrogens (tertiary/aromatic N) is 1. The van der Waals surface area contributed by atoms with Crippen LogP contribution in [0, 0.1) is 5.92 Å². The number of unbranched alkanes of at least 4 members (excludes halogenated alkanes) is 11. The summed E-state index contributed by atoms with van der Waals surface area (Å²) in [4.78, 5) is 37.4. The number of carbonyl (C=O) groups excluding carboxylic acids is 2. The summed E-state index contributed by atoms with van der Waals surface area (Å²) in [6, 6.07) is 6.52. The smallest absolute Gasteiger partial charge is 0.335 e. The predicted octanol–water partition coefficient (Wildman–Crippen LogP) is 5.55. The number of likely N-dealkylation sites (tertiary alicyclic amines) is 1. The van der Waals surface area contributed by atoms with Gasteiger partial charge in [0.05, 0.1) is 11.5 Å². The molecule has 184 valence electrons. The fourth-order valence-corrected chi connectivity index (χ4v) is 4.40. The van der Waals surface area contributed by atoms with Crippen molar-refractivity contribution in [1.82, 2.24) is 10.2 Å². The van der Waals surface area contributed by atoms with Gasteiger partial charge in [-0.2, -0.15) is 0 Å². The maximum absolute atomic E-state index is 12.5. The monoisotopic (exact) mass is 458 g/mol. The first-order chi connectivity index (χ1) is 16.0.